The van der Waals surface area contributed by atoms with Gasteiger partial charge in [0.2, 0.25) is 5.91 Å². The number of aromatic nitrogens is 1. The lowest BCUT2D eigenvalue weighted by molar-refractivity contribution is -0.121. The largest absolute Gasteiger partial charge is 0.512 e. The van der Waals surface area contributed by atoms with Gasteiger partial charge in [0.15, 0.2) is 0 Å². The van der Waals surface area contributed by atoms with E-state index in [1.807, 2.05) is 18.3 Å². The van der Waals surface area contributed by atoms with Crippen molar-refractivity contribution in [3.8, 4) is 0 Å². The lowest BCUT2D eigenvalue weighted by atomic mass is 9.91. The zero-order valence-corrected chi connectivity index (χ0v) is 22.4. The Balaban J connectivity index is 1.30. The van der Waals surface area contributed by atoms with Gasteiger partial charge in [0.05, 0.1) is 18.0 Å². The molecule has 1 heterocycles. The second-order valence-corrected chi connectivity index (χ2v) is 10.6. The highest BCUT2D eigenvalue weighted by Gasteiger charge is 2.32. The van der Waals surface area contributed by atoms with Crippen molar-refractivity contribution in [3.63, 3.8) is 0 Å². The predicted molar refractivity (Wildman–Crippen MR) is 149 cm³/mol. The number of unbranched alkanes of at least 4 members (excludes halogenated alkanes) is 3. The van der Waals surface area contributed by atoms with Gasteiger partial charge in [0.25, 0.3) is 0 Å². The maximum Gasteiger partial charge on any atom is 0.220 e. The third kappa shape index (κ3) is 9.70. The van der Waals surface area contributed by atoms with Gasteiger partial charge in [-0.05, 0) is 81.1 Å². The summed E-state index contributed by atoms with van der Waals surface area (Å²) in [5.41, 5.74) is 6.50. The summed E-state index contributed by atoms with van der Waals surface area (Å²) in [5, 5.41) is 33.2. The minimum Gasteiger partial charge on any atom is -0.512 e. The van der Waals surface area contributed by atoms with E-state index in [0.717, 1.165) is 87.4 Å². The number of nitrogens with one attached hydrogen (secondary N) is 2. The SMILES string of the molecule is CCCCCC(O)C=C=CC1[C@@H](C/C=C\CCCC(=O)NCCc2c[nH]c3c2C=C(O)CC3)CC[C@H]1O. The van der Waals surface area contributed by atoms with Gasteiger partial charge in [-0.1, -0.05) is 38.3 Å². The maximum absolute atomic E-state index is 12.2. The van der Waals surface area contributed by atoms with Crippen LogP contribution in [0, 0.1) is 11.8 Å². The van der Waals surface area contributed by atoms with Gasteiger partial charge < -0.3 is 25.6 Å². The number of hydrogen-bond donors (Lipinski definition) is 5. The van der Waals surface area contributed by atoms with Gasteiger partial charge in [-0.2, -0.15) is 0 Å². The monoisotopic (exact) mass is 510 g/mol. The Kier molecular flexibility index (Phi) is 12.3. The molecule has 2 unspecified atom stereocenters. The number of H-pyrrole nitrogens is 1. The molecule has 0 bridgehead atoms. The normalized spacial score (nSPS) is 21.8. The number of hydrogen-bond acceptors (Lipinski definition) is 4. The lowest BCUT2D eigenvalue weighted by Gasteiger charge is -2.16. The Labute approximate surface area is 222 Å². The summed E-state index contributed by atoms with van der Waals surface area (Å²) < 4.78 is 0. The van der Waals surface area contributed by atoms with Crippen LogP contribution in [0.2, 0.25) is 0 Å². The summed E-state index contributed by atoms with van der Waals surface area (Å²) >= 11 is 0. The van der Waals surface area contributed by atoms with Crippen molar-refractivity contribution in [2.45, 2.75) is 103 Å². The molecule has 3 rings (SSSR count). The molecule has 2 aliphatic rings. The van der Waals surface area contributed by atoms with Gasteiger partial charge in [0, 0.05) is 42.8 Å². The predicted octanol–water partition coefficient (Wildman–Crippen LogP) is 5.67. The fourth-order valence-electron chi connectivity index (χ4n) is 5.37. The van der Waals surface area contributed by atoms with E-state index < -0.39 is 6.10 Å². The lowest BCUT2D eigenvalue weighted by Crippen LogP contribution is -2.25. The summed E-state index contributed by atoms with van der Waals surface area (Å²) in [6.45, 7) is 2.75. The van der Waals surface area contributed by atoms with Gasteiger partial charge >= 0.3 is 0 Å². The Morgan fingerprint density at radius 3 is 2.95 bits per heavy atom. The van der Waals surface area contributed by atoms with E-state index in [4.69, 9.17) is 0 Å². The zero-order chi connectivity index (χ0) is 26.5. The van der Waals surface area contributed by atoms with Crippen LogP contribution in [0.25, 0.3) is 6.08 Å². The summed E-state index contributed by atoms with van der Waals surface area (Å²) in [7, 11) is 0. The molecule has 4 atom stereocenters. The van der Waals surface area contributed by atoms with Crippen molar-refractivity contribution in [1.29, 1.82) is 0 Å². The molecular weight excluding hydrogens is 464 g/mol. The van der Waals surface area contributed by atoms with Crippen LogP contribution in [0.4, 0.5) is 0 Å². The molecule has 6 nitrogen and oxygen atoms in total. The molecule has 1 amide bonds. The molecule has 2 aliphatic carbocycles. The minimum atomic E-state index is -0.456. The molecule has 1 fully saturated rings. The minimum absolute atomic E-state index is 0.0731. The van der Waals surface area contributed by atoms with Crippen molar-refractivity contribution >= 4 is 12.0 Å². The number of aromatic amines is 1. The molecule has 0 saturated heterocycles. The van der Waals surface area contributed by atoms with Crippen molar-refractivity contribution in [2.75, 3.05) is 6.54 Å². The molecule has 204 valence electrons. The summed E-state index contributed by atoms with van der Waals surface area (Å²) in [5.74, 6) is 0.971. The van der Waals surface area contributed by atoms with E-state index in [1.165, 1.54) is 0 Å². The van der Waals surface area contributed by atoms with Crippen molar-refractivity contribution < 1.29 is 20.1 Å². The highest BCUT2D eigenvalue weighted by Crippen LogP contribution is 2.35. The van der Waals surface area contributed by atoms with Crippen LogP contribution in [-0.4, -0.2) is 45.0 Å². The molecule has 5 N–H and O–H groups in total. The molecule has 1 saturated carbocycles. The number of carbonyl (C=O) groups is 1. The van der Waals surface area contributed by atoms with Gasteiger partial charge in [-0.25, -0.2) is 0 Å². The second-order valence-electron chi connectivity index (χ2n) is 10.6. The summed E-state index contributed by atoms with van der Waals surface area (Å²) in [4.78, 5) is 15.5. The molecule has 37 heavy (non-hydrogen) atoms. The number of aryl methyl sites for hydroxylation is 1. The van der Waals surface area contributed by atoms with Crippen LogP contribution >= 0.6 is 0 Å². The smallest absolute Gasteiger partial charge is 0.220 e. The standard InChI is InChI=1S/C31H46N2O4/c1-2-3-6-11-25(34)12-9-13-27-23(15-18-30(27)36)10-7-4-5-8-14-31(37)32-20-19-24-22-33-29-17-16-26(35)21-28(24)29/h4,7,12-13,21-23,25,27,30,33-36H,2-3,5-6,8,10-11,14-20H2,1H3,(H,32,37)/b7-4-/t9?,23-,25?,27?,30+/m0/s1. The Morgan fingerprint density at radius 1 is 1.24 bits per heavy atom. The fourth-order valence-corrected chi connectivity index (χ4v) is 5.37. The number of aliphatic hydroxyl groups is 3. The average Bonchev–Trinajstić information content (AvgIpc) is 3.44. The summed E-state index contributed by atoms with van der Waals surface area (Å²) in [6, 6.07) is 0. The van der Waals surface area contributed by atoms with Crippen LogP contribution in [0.15, 0.2) is 42.0 Å². The fraction of sp³-hybridized carbons (Fsp3) is 0.613. The highest BCUT2D eigenvalue weighted by molar-refractivity contribution is 5.75. The number of carbonyl (C=O) groups excluding carboxylic acids is 1. The zero-order valence-electron chi connectivity index (χ0n) is 22.4. The topological polar surface area (TPSA) is 106 Å². The molecule has 1 aromatic heterocycles. The summed E-state index contributed by atoms with van der Waals surface area (Å²) in [6.07, 6.45) is 22.3. The third-order valence-electron chi connectivity index (χ3n) is 7.63. The van der Waals surface area contributed by atoms with E-state index in [-0.39, 0.29) is 17.9 Å². The van der Waals surface area contributed by atoms with E-state index in [1.54, 1.807) is 6.08 Å². The molecular formula is C31H46N2O4. The number of rotatable bonds is 15. The Hall–Kier alpha value is -2.53. The van der Waals surface area contributed by atoms with Crippen LogP contribution in [-0.2, 0) is 17.6 Å². The van der Waals surface area contributed by atoms with Gasteiger partial charge in [-0.3, -0.25) is 4.79 Å². The number of allylic oxidation sites excluding steroid dienone is 3. The van der Waals surface area contributed by atoms with Crippen molar-refractivity contribution in [3.05, 3.63) is 58.8 Å². The number of amides is 1. The molecule has 6 heteroatoms. The first-order chi connectivity index (χ1) is 18.0. The van der Waals surface area contributed by atoms with Crippen molar-refractivity contribution in [1.82, 2.24) is 10.3 Å². The van der Waals surface area contributed by atoms with Crippen LogP contribution in [0.5, 0.6) is 0 Å². The van der Waals surface area contributed by atoms with Gasteiger partial charge in [-0.15, -0.1) is 5.73 Å². The van der Waals surface area contributed by atoms with Crippen LogP contribution < -0.4 is 5.32 Å². The van der Waals surface area contributed by atoms with E-state index in [2.05, 4.69) is 35.1 Å². The number of fused-ring (bicyclic) bond motifs is 1. The average molecular weight is 511 g/mol. The molecule has 0 aromatic carbocycles. The van der Waals surface area contributed by atoms with E-state index >= 15 is 0 Å². The second kappa shape index (κ2) is 15.7. The van der Waals surface area contributed by atoms with E-state index in [0.29, 0.717) is 31.1 Å². The maximum atomic E-state index is 12.2. The Bertz CT molecular complexity index is 970. The molecule has 0 radical (unpaired) electrons. The van der Waals surface area contributed by atoms with E-state index in [9.17, 15) is 20.1 Å². The van der Waals surface area contributed by atoms with Crippen molar-refractivity contribution in [2.24, 2.45) is 11.8 Å². The first kappa shape index (κ1) is 29.0. The quantitative estimate of drug-likeness (QED) is 0.119. The highest BCUT2D eigenvalue weighted by atomic mass is 16.3. The molecule has 0 spiro atoms. The van der Waals surface area contributed by atoms with Crippen LogP contribution in [0.1, 0.15) is 94.4 Å². The number of aliphatic hydroxyl groups excluding tert-OH is 3. The molecule has 1 aromatic rings. The molecule has 0 aliphatic heterocycles. The van der Waals surface area contributed by atoms with Gasteiger partial charge in [0.1, 0.15) is 0 Å². The first-order valence-electron chi connectivity index (χ1n) is 14.3. The first-order valence-corrected chi connectivity index (χ1v) is 14.3. The third-order valence-corrected chi connectivity index (χ3v) is 7.63. The van der Waals surface area contributed by atoms with Crippen LogP contribution in [0.3, 0.4) is 0 Å². The Morgan fingerprint density at radius 2 is 2.11 bits per heavy atom.